The first-order valence-corrected chi connectivity index (χ1v) is 8.68. The number of carbonyl (C=O) groups is 2. The summed E-state index contributed by atoms with van der Waals surface area (Å²) in [5.74, 6) is -0.509. The van der Waals surface area contributed by atoms with E-state index in [4.69, 9.17) is 0 Å². The van der Waals surface area contributed by atoms with Crippen LogP contribution in [-0.4, -0.2) is 26.4 Å². The van der Waals surface area contributed by atoms with Crippen molar-refractivity contribution in [3.05, 3.63) is 89.9 Å². The second kappa shape index (κ2) is 7.32. The predicted molar refractivity (Wildman–Crippen MR) is 107 cm³/mol. The van der Waals surface area contributed by atoms with E-state index < -0.39 is 0 Å². The molecule has 4 aromatic rings. The summed E-state index contributed by atoms with van der Waals surface area (Å²) in [7, 11) is 0. The zero-order valence-electron chi connectivity index (χ0n) is 15.1. The number of carbonyl (C=O) groups excluding carboxylic acids is 2. The smallest absolute Gasteiger partial charge is 0.257 e. The van der Waals surface area contributed by atoms with Gasteiger partial charge in [0.15, 0.2) is 5.65 Å². The monoisotopic (exact) mass is 371 g/mol. The fraction of sp³-hybridized carbons (Fsp3) is 0.0476. The van der Waals surface area contributed by atoms with Crippen molar-refractivity contribution >= 4 is 28.8 Å². The van der Waals surface area contributed by atoms with Gasteiger partial charge < -0.3 is 10.6 Å². The molecule has 0 fully saturated rings. The van der Waals surface area contributed by atoms with Gasteiger partial charge in [-0.3, -0.25) is 14.0 Å². The number of hydrogen-bond donors (Lipinski definition) is 2. The van der Waals surface area contributed by atoms with Crippen LogP contribution in [0.5, 0.6) is 0 Å². The maximum Gasteiger partial charge on any atom is 0.257 e. The number of aromatic nitrogens is 3. The average Bonchev–Trinajstić information content (AvgIpc) is 3.18. The Kier molecular flexibility index (Phi) is 4.55. The number of hydrogen-bond acceptors (Lipinski definition) is 4. The molecule has 7 heteroatoms. The van der Waals surface area contributed by atoms with Gasteiger partial charge in [0.05, 0.1) is 5.56 Å². The molecule has 0 saturated heterocycles. The number of nitrogens with zero attached hydrogens (tertiary/aromatic N) is 3. The highest BCUT2D eigenvalue weighted by atomic mass is 16.2. The molecule has 2 aromatic carbocycles. The van der Waals surface area contributed by atoms with Gasteiger partial charge in [0.1, 0.15) is 6.33 Å². The van der Waals surface area contributed by atoms with Crippen LogP contribution in [0.4, 0.5) is 11.4 Å². The van der Waals surface area contributed by atoms with E-state index in [1.54, 1.807) is 47.9 Å². The summed E-state index contributed by atoms with van der Waals surface area (Å²) in [4.78, 5) is 25.3. The average molecular weight is 371 g/mol. The highest BCUT2D eigenvalue weighted by Gasteiger charge is 2.14. The summed E-state index contributed by atoms with van der Waals surface area (Å²) in [5.41, 5.74) is 3.60. The summed E-state index contributed by atoms with van der Waals surface area (Å²) in [6.45, 7) is 1.80. The molecule has 0 saturated carbocycles. The minimum Gasteiger partial charge on any atom is -0.322 e. The van der Waals surface area contributed by atoms with Crippen molar-refractivity contribution in [3.63, 3.8) is 0 Å². The quantitative estimate of drug-likeness (QED) is 0.574. The van der Waals surface area contributed by atoms with Crippen molar-refractivity contribution in [2.75, 3.05) is 10.6 Å². The van der Waals surface area contributed by atoms with E-state index in [1.165, 1.54) is 6.33 Å². The molecule has 0 bridgehead atoms. The molecule has 138 valence electrons. The number of benzene rings is 2. The first kappa shape index (κ1) is 17.4. The third-order valence-corrected chi connectivity index (χ3v) is 4.41. The fourth-order valence-electron chi connectivity index (χ4n) is 2.89. The summed E-state index contributed by atoms with van der Waals surface area (Å²) in [5, 5.41) is 13.5. The molecule has 0 spiro atoms. The van der Waals surface area contributed by atoms with Crippen molar-refractivity contribution in [2.24, 2.45) is 0 Å². The van der Waals surface area contributed by atoms with Gasteiger partial charge in [-0.2, -0.15) is 0 Å². The molecular formula is C21H17N5O2. The Morgan fingerprint density at radius 3 is 2.54 bits per heavy atom. The largest absolute Gasteiger partial charge is 0.322 e. The predicted octanol–water partition coefficient (Wildman–Crippen LogP) is 3.54. The van der Waals surface area contributed by atoms with Gasteiger partial charge in [0.2, 0.25) is 0 Å². The summed E-state index contributed by atoms with van der Waals surface area (Å²) < 4.78 is 1.67. The van der Waals surface area contributed by atoms with Gasteiger partial charge in [-0.1, -0.05) is 24.3 Å². The highest BCUT2D eigenvalue weighted by Crippen LogP contribution is 2.21. The Labute approximate surface area is 161 Å². The van der Waals surface area contributed by atoms with Gasteiger partial charge in [-0.15, -0.1) is 10.2 Å². The highest BCUT2D eigenvalue weighted by molar-refractivity contribution is 6.08. The van der Waals surface area contributed by atoms with Crippen LogP contribution in [0.2, 0.25) is 0 Å². The SMILES string of the molecule is Cc1c(NC(=O)c2ccc3nncn3c2)cccc1C(=O)Nc1ccccc1. The second-order valence-corrected chi connectivity index (χ2v) is 6.27. The number of nitrogens with one attached hydrogen (secondary N) is 2. The van der Waals surface area contributed by atoms with E-state index in [0.29, 0.717) is 33.7 Å². The molecule has 2 heterocycles. The van der Waals surface area contributed by atoms with E-state index >= 15 is 0 Å². The molecule has 0 atom stereocenters. The minimum atomic E-state index is -0.278. The number of para-hydroxylation sites is 1. The molecule has 2 N–H and O–H groups in total. The van der Waals surface area contributed by atoms with Crippen LogP contribution >= 0.6 is 0 Å². The normalized spacial score (nSPS) is 10.6. The molecule has 0 aliphatic carbocycles. The number of pyridine rings is 1. The molecule has 0 aliphatic rings. The van der Waals surface area contributed by atoms with Gasteiger partial charge in [0.25, 0.3) is 11.8 Å². The second-order valence-electron chi connectivity index (χ2n) is 6.27. The van der Waals surface area contributed by atoms with E-state index in [9.17, 15) is 9.59 Å². The number of fused-ring (bicyclic) bond motifs is 1. The van der Waals surface area contributed by atoms with Crippen molar-refractivity contribution < 1.29 is 9.59 Å². The van der Waals surface area contributed by atoms with Crippen LogP contribution < -0.4 is 10.6 Å². The maximum absolute atomic E-state index is 12.6. The van der Waals surface area contributed by atoms with E-state index in [2.05, 4.69) is 20.8 Å². The standard InChI is InChI=1S/C21H17N5O2/c1-14-17(21(28)23-16-6-3-2-4-7-16)8-5-9-18(14)24-20(27)15-10-11-19-25-22-13-26(19)12-15/h2-13H,1H3,(H,23,28)(H,24,27). The third-order valence-electron chi connectivity index (χ3n) is 4.41. The lowest BCUT2D eigenvalue weighted by molar-refractivity contribution is 0.101. The molecule has 0 aliphatic heterocycles. The van der Waals surface area contributed by atoms with Gasteiger partial charge in [0, 0.05) is 23.1 Å². The van der Waals surface area contributed by atoms with Crippen LogP contribution in [-0.2, 0) is 0 Å². The lowest BCUT2D eigenvalue weighted by Gasteiger charge is -2.13. The first-order valence-electron chi connectivity index (χ1n) is 8.68. The Morgan fingerprint density at radius 2 is 1.71 bits per heavy atom. The van der Waals surface area contributed by atoms with Crippen molar-refractivity contribution in [2.45, 2.75) is 6.92 Å². The molecule has 0 radical (unpaired) electrons. The molecular weight excluding hydrogens is 354 g/mol. The van der Waals surface area contributed by atoms with Crippen LogP contribution in [0.15, 0.2) is 73.2 Å². The number of anilines is 2. The van der Waals surface area contributed by atoms with Gasteiger partial charge in [-0.25, -0.2) is 0 Å². The Bertz CT molecular complexity index is 1170. The Balaban J connectivity index is 1.55. The summed E-state index contributed by atoms with van der Waals surface area (Å²) in [6.07, 6.45) is 3.19. The van der Waals surface area contributed by atoms with Gasteiger partial charge in [-0.05, 0) is 48.9 Å². The molecule has 2 aromatic heterocycles. The summed E-state index contributed by atoms with van der Waals surface area (Å²) in [6, 6.07) is 17.9. The fourth-order valence-corrected chi connectivity index (χ4v) is 2.89. The van der Waals surface area contributed by atoms with Crippen LogP contribution in [0, 0.1) is 6.92 Å². The van der Waals surface area contributed by atoms with E-state index in [1.807, 2.05) is 30.3 Å². The zero-order chi connectivity index (χ0) is 19.5. The number of rotatable bonds is 4. The molecule has 4 rings (SSSR count). The zero-order valence-corrected chi connectivity index (χ0v) is 15.1. The topological polar surface area (TPSA) is 88.4 Å². The molecule has 7 nitrogen and oxygen atoms in total. The molecule has 0 unspecified atom stereocenters. The van der Waals surface area contributed by atoms with Gasteiger partial charge >= 0.3 is 0 Å². The Hall–Kier alpha value is -4.00. The van der Waals surface area contributed by atoms with E-state index in [0.717, 1.165) is 0 Å². The van der Waals surface area contributed by atoms with Crippen molar-refractivity contribution in [1.29, 1.82) is 0 Å². The van der Waals surface area contributed by atoms with Crippen LogP contribution in [0.3, 0.4) is 0 Å². The molecule has 28 heavy (non-hydrogen) atoms. The number of amides is 2. The van der Waals surface area contributed by atoms with Crippen molar-refractivity contribution in [3.8, 4) is 0 Å². The first-order chi connectivity index (χ1) is 13.6. The lowest BCUT2D eigenvalue weighted by atomic mass is 10.1. The lowest BCUT2D eigenvalue weighted by Crippen LogP contribution is -2.17. The molecule has 2 amide bonds. The van der Waals surface area contributed by atoms with Crippen LogP contribution in [0.1, 0.15) is 26.3 Å². The third kappa shape index (κ3) is 3.45. The Morgan fingerprint density at radius 1 is 0.893 bits per heavy atom. The maximum atomic E-state index is 12.6. The van der Waals surface area contributed by atoms with Crippen molar-refractivity contribution in [1.82, 2.24) is 14.6 Å². The van der Waals surface area contributed by atoms with Crippen LogP contribution in [0.25, 0.3) is 5.65 Å². The summed E-state index contributed by atoms with van der Waals surface area (Å²) >= 11 is 0. The minimum absolute atomic E-state index is 0.231. The van der Waals surface area contributed by atoms with E-state index in [-0.39, 0.29) is 11.8 Å².